The Morgan fingerprint density at radius 1 is 1.50 bits per heavy atom. The summed E-state index contributed by atoms with van der Waals surface area (Å²) in [6.07, 6.45) is 1.56. The summed E-state index contributed by atoms with van der Waals surface area (Å²) in [5, 5.41) is 0. The van der Waals surface area contributed by atoms with Gasteiger partial charge in [0.2, 0.25) is 0 Å². The molecule has 110 valence electrons. The van der Waals surface area contributed by atoms with E-state index in [9.17, 15) is 13.6 Å². The molecule has 0 aromatic heterocycles. The van der Waals surface area contributed by atoms with Crippen LogP contribution in [0.5, 0.6) is 0 Å². The molecule has 0 heterocycles. The van der Waals surface area contributed by atoms with Gasteiger partial charge >= 0.3 is 5.97 Å². The Bertz CT molecular complexity index is 494. The molecule has 0 aliphatic heterocycles. The van der Waals surface area contributed by atoms with Crippen molar-refractivity contribution < 1.29 is 18.3 Å². The molecular weight excluding hydrogens is 332 g/mol. The Hall–Kier alpha value is -1.27. The molecule has 0 atom stereocenters. The molecule has 1 aromatic rings. The Morgan fingerprint density at radius 3 is 2.80 bits per heavy atom. The van der Waals surface area contributed by atoms with Gasteiger partial charge in [-0.1, -0.05) is 6.08 Å². The van der Waals surface area contributed by atoms with Crippen LogP contribution in [0.1, 0.15) is 12.5 Å². The molecule has 0 bridgehead atoms. The van der Waals surface area contributed by atoms with Gasteiger partial charge in [-0.25, -0.2) is 8.78 Å². The van der Waals surface area contributed by atoms with Crippen molar-refractivity contribution >= 4 is 21.9 Å². The van der Waals surface area contributed by atoms with E-state index in [4.69, 9.17) is 4.74 Å². The van der Waals surface area contributed by atoms with E-state index in [2.05, 4.69) is 22.5 Å². The van der Waals surface area contributed by atoms with Crippen molar-refractivity contribution in [1.29, 1.82) is 0 Å². The summed E-state index contributed by atoms with van der Waals surface area (Å²) in [5.74, 6) is -1.75. The Morgan fingerprint density at radius 2 is 2.20 bits per heavy atom. The Kier molecular flexibility index (Phi) is 6.81. The van der Waals surface area contributed by atoms with Crippen molar-refractivity contribution in [3.05, 3.63) is 46.5 Å². The van der Waals surface area contributed by atoms with E-state index in [1.54, 1.807) is 17.9 Å². The van der Waals surface area contributed by atoms with Crippen LogP contribution in [0.4, 0.5) is 8.78 Å². The lowest BCUT2D eigenvalue weighted by atomic mass is 10.2. The van der Waals surface area contributed by atoms with Crippen molar-refractivity contribution in [3.8, 4) is 0 Å². The fraction of sp³-hybridized carbons (Fsp3) is 0.357. The van der Waals surface area contributed by atoms with Crippen LogP contribution in [0.15, 0.2) is 29.3 Å². The van der Waals surface area contributed by atoms with Gasteiger partial charge in [0.05, 0.1) is 17.6 Å². The molecule has 20 heavy (non-hydrogen) atoms. The third-order valence-electron chi connectivity index (χ3n) is 2.57. The largest absolute Gasteiger partial charge is 0.465 e. The van der Waals surface area contributed by atoms with Crippen LogP contribution in [-0.4, -0.2) is 30.6 Å². The smallest absolute Gasteiger partial charge is 0.320 e. The minimum Gasteiger partial charge on any atom is -0.465 e. The first-order valence-corrected chi connectivity index (χ1v) is 6.90. The molecule has 0 spiro atoms. The maximum atomic E-state index is 13.9. The highest BCUT2D eigenvalue weighted by Crippen LogP contribution is 2.22. The molecule has 0 aliphatic rings. The number of halogens is 3. The van der Waals surface area contributed by atoms with Crippen LogP contribution in [0.25, 0.3) is 0 Å². The van der Waals surface area contributed by atoms with Crippen molar-refractivity contribution in [1.82, 2.24) is 4.90 Å². The van der Waals surface area contributed by atoms with Crippen LogP contribution < -0.4 is 0 Å². The van der Waals surface area contributed by atoms with Gasteiger partial charge in [-0.2, -0.15) is 0 Å². The van der Waals surface area contributed by atoms with E-state index in [1.807, 2.05) is 0 Å². The van der Waals surface area contributed by atoms with Crippen molar-refractivity contribution in [2.75, 3.05) is 19.7 Å². The number of carbonyl (C=O) groups excluding carboxylic acids is 1. The second kappa shape index (κ2) is 8.11. The summed E-state index contributed by atoms with van der Waals surface area (Å²) in [6, 6.07) is 2.48. The van der Waals surface area contributed by atoms with Gasteiger partial charge in [-0.05, 0) is 35.0 Å². The third-order valence-corrected chi connectivity index (χ3v) is 3.18. The minimum atomic E-state index is -0.664. The molecule has 1 aromatic carbocycles. The zero-order valence-electron chi connectivity index (χ0n) is 11.2. The van der Waals surface area contributed by atoms with Gasteiger partial charge in [0.1, 0.15) is 11.6 Å². The predicted molar refractivity (Wildman–Crippen MR) is 76.2 cm³/mol. The van der Waals surface area contributed by atoms with E-state index < -0.39 is 17.6 Å². The topological polar surface area (TPSA) is 29.5 Å². The van der Waals surface area contributed by atoms with Crippen LogP contribution >= 0.6 is 15.9 Å². The van der Waals surface area contributed by atoms with Crippen molar-refractivity contribution in [2.45, 2.75) is 13.5 Å². The van der Waals surface area contributed by atoms with Gasteiger partial charge < -0.3 is 4.74 Å². The lowest BCUT2D eigenvalue weighted by molar-refractivity contribution is -0.144. The fourth-order valence-electron chi connectivity index (χ4n) is 1.69. The maximum Gasteiger partial charge on any atom is 0.320 e. The first-order chi connectivity index (χ1) is 9.49. The van der Waals surface area contributed by atoms with Crippen LogP contribution in [-0.2, 0) is 16.1 Å². The molecule has 1 rings (SSSR count). The van der Waals surface area contributed by atoms with Crippen molar-refractivity contribution in [3.63, 3.8) is 0 Å². The number of ether oxygens (including phenoxy) is 1. The lowest BCUT2D eigenvalue weighted by Gasteiger charge is -2.20. The molecule has 0 aliphatic carbocycles. The molecule has 0 radical (unpaired) electrons. The number of esters is 1. The lowest BCUT2D eigenvalue weighted by Crippen LogP contribution is -2.31. The molecule has 0 unspecified atom stereocenters. The van der Waals surface area contributed by atoms with Crippen LogP contribution in [0.2, 0.25) is 0 Å². The summed E-state index contributed by atoms with van der Waals surface area (Å²) in [4.78, 5) is 13.0. The highest BCUT2D eigenvalue weighted by atomic mass is 79.9. The quantitative estimate of drug-likeness (QED) is 0.430. The van der Waals surface area contributed by atoms with Gasteiger partial charge in [0.15, 0.2) is 0 Å². The zero-order valence-corrected chi connectivity index (χ0v) is 12.8. The summed E-state index contributed by atoms with van der Waals surface area (Å²) < 4.78 is 32.6. The molecule has 6 heteroatoms. The standard InChI is InChI=1S/C14H16BrF2NO2/c1-3-7-18(9-13(19)20-4-2)8-10-12(16)6-5-11(15)14(10)17/h3,5-6H,1,4,7-9H2,2H3. The number of nitrogens with zero attached hydrogens (tertiary/aromatic N) is 1. The number of rotatable bonds is 7. The van der Waals surface area contributed by atoms with E-state index in [0.29, 0.717) is 6.54 Å². The molecular formula is C14H16BrF2NO2. The first-order valence-electron chi connectivity index (χ1n) is 6.10. The average Bonchev–Trinajstić information content (AvgIpc) is 2.39. The maximum absolute atomic E-state index is 13.9. The van der Waals surface area contributed by atoms with E-state index in [-0.39, 0.29) is 29.7 Å². The first kappa shape index (κ1) is 16.8. The number of hydrogen-bond donors (Lipinski definition) is 0. The van der Waals surface area contributed by atoms with Gasteiger partial charge in [-0.15, -0.1) is 6.58 Å². The molecule has 0 fully saturated rings. The number of hydrogen-bond acceptors (Lipinski definition) is 3. The third kappa shape index (κ3) is 4.68. The highest BCUT2D eigenvalue weighted by molar-refractivity contribution is 9.10. The molecule has 0 N–H and O–H groups in total. The minimum absolute atomic E-state index is 0.0397. The van der Waals surface area contributed by atoms with E-state index in [1.165, 1.54) is 12.1 Å². The Labute approximate surface area is 125 Å². The summed E-state index contributed by atoms with van der Waals surface area (Å²) in [7, 11) is 0. The van der Waals surface area contributed by atoms with Gasteiger partial charge in [-0.3, -0.25) is 9.69 Å². The summed E-state index contributed by atoms with van der Waals surface area (Å²) in [5.41, 5.74) is -0.0921. The predicted octanol–water partition coefficient (Wildman–Crippen LogP) is 3.28. The van der Waals surface area contributed by atoms with Gasteiger partial charge in [0.25, 0.3) is 0 Å². The molecule has 0 amide bonds. The Balaban J connectivity index is 2.87. The second-order valence-electron chi connectivity index (χ2n) is 4.09. The van der Waals surface area contributed by atoms with E-state index >= 15 is 0 Å². The fourth-order valence-corrected chi connectivity index (χ4v) is 2.07. The molecule has 3 nitrogen and oxygen atoms in total. The van der Waals surface area contributed by atoms with E-state index in [0.717, 1.165) is 0 Å². The SMILES string of the molecule is C=CCN(CC(=O)OCC)Cc1c(F)ccc(Br)c1F. The number of benzene rings is 1. The van der Waals surface area contributed by atoms with Crippen LogP contribution in [0.3, 0.4) is 0 Å². The molecule has 0 saturated heterocycles. The van der Waals surface area contributed by atoms with Gasteiger partial charge in [0, 0.05) is 18.7 Å². The zero-order chi connectivity index (χ0) is 15.1. The summed E-state index contributed by atoms with van der Waals surface area (Å²) >= 11 is 3.01. The molecule has 0 saturated carbocycles. The number of carbonyl (C=O) groups is 1. The monoisotopic (exact) mass is 347 g/mol. The summed E-state index contributed by atoms with van der Waals surface area (Å²) in [6.45, 7) is 5.76. The average molecular weight is 348 g/mol. The second-order valence-corrected chi connectivity index (χ2v) is 4.94. The van der Waals surface area contributed by atoms with Crippen molar-refractivity contribution in [2.24, 2.45) is 0 Å². The normalized spacial score (nSPS) is 10.7. The highest BCUT2D eigenvalue weighted by Gasteiger charge is 2.17. The van der Waals surface area contributed by atoms with Crippen LogP contribution in [0, 0.1) is 11.6 Å².